The molecule has 0 radical (unpaired) electrons. The highest BCUT2D eigenvalue weighted by Gasteiger charge is 2.67. The van der Waals surface area contributed by atoms with Crippen molar-refractivity contribution in [1.29, 1.82) is 0 Å². The number of aromatic amines is 1. The third kappa shape index (κ3) is 5.47. The van der Waals surface area contributed by atoms with Crippen molar-refractivity contribution >= 4 is 29.0 Å². The average Bonchev–Trinajstić information content (AvgIpc) is 3.64. The summed E-state index contributed by atoms with van der Waals surface area (Å²) in [6.45, 7) is 4.24. The van der Waals surface area contributed by atoms with Gasteiger partial charge in [0, 0.05) is 31.8 Å². The molecule has 49 heavy (non-hydrogen) atoms. The fourth-order valence-corrected chi connectivity index (χ4v) is 8.93. The van der Waals surface area contributed by atoms with Crippen molar-refractivity contribution in [1.82, 2.24) is 14.5 Å². The van der Waals surface area contributed by atoms with E-state index in [-0.39, 0.29) is 34.6 Å². The molecule has 1 spiro atoms. The number of ether oxygens (including phenoxy) is 5. The molecule has 15 heteroatoms. The first kappa shape index (κ1) is 34.1. The number of nitrogens with zero attached hydrogens (tertiary/aromatic N) is 2. The Kier molecular flexibility index (Phi) is 8.43. The summed E-state index contributed by atoms with van der Waals surface area (Å²) in [6, 6.07) is 0. The van der Waals surface area contributed by atoms with E-state index in [1.165, 1.54) is 0 Å². The van der Waals surface area contributed by atoms with Gasteiger partial charge < -0.3 is 54.4 Å². The van der Waals surface area contributed by atoms with Gasteiger partial charge >= 0.3 is 5.97 Å². The summed E-state index contributed by atoms with van der Waals surface area (Å²) in [5, 5.41) is 41.3. The number of nitrogens with one attached hydrogen (secondary N) is 1. The molecule has 0 bridgehead atoms. The largest absolute Gasteiger partial charge is 0.423 e. The number of esters is 1. The number of epoxide rings is 1. The van der Waals surface area contributed by atoms with Crippen molar-refractivity contribution in [2.75, 3.05) is 26.1 Å². The topological polar surface area (TPSA) is 224 Å². The molecule has 5 heterocycles. The number of allylic oxidation sites excluding steroid dienone is 1. The first-order valence-electron chi connectivity index (χ1n) is 16.6. The molecule has 0 aromatic carbocycles. The van der Waals surface area contributed by atoms with Gasteiger partial charge in [-0.15, -0.1) is 0 Å². The van der Waals surface area contributed by atoms with Gasteiger partial charge in [0.2, 0.25) is 5.95 Å². The van der Waals surface area contributed by atoms with Gasteiger partial charge in [0.05, 0.1) is 41.5 Å². The third-order valence-corrected chi connectivity index (χ3v) is 11.7. The number of H-pyrrole nitrogens is 1. The van der Waals surface area contributed by atoms with Crippen LogP contribution in [0.15, 0.2) is 40.6 Å². The number of nitrogens with two attached hydrogens (primary N) is 1. The summed E-state index contributed by atoms with van der Waals surface area (Å²) in [6.07, 6.45) is 4.12. The Bertz CT molecular complexity index is 1790. The summed E-state index contributed by atoms with van der Waals surface area (Å²) in [4.78, 5) is 32.4. The number of aryl methyl sites for hydroxylation is 1. The molecule has 15 nitrogen and oxygen atoms in total. The number of hydrogen-bond acceptors (Lipinski definition) is 13. The van der Waals surface area contributed by atoms with E-state index in [4.69, 9.17) is 29.4 Å². The summed E-state index contributed by atoms with van der Waals surface area (Å²) >= 11 is 0. The number of fused-ring (bicyclic) bond motifs is 2. The number of nitrogen functional groups attached to an aromatic ring is 1. The molecule has 2 aliphatic carbocycles. The highest BCUT2D eigenvalue weighted by Crippen LogP contribution is 2.64. The van der Waals surface area contributed by atoms with Crippen molar-refractivity contribution < 1.29 is 48.9 Å². The Morgan fingerprint density at radius 1 is 1.16 bits per heavy atom. The van der Waals surface area contributed by atoms with Crippen molar-refractivity contribution in [3.63, 3.8) is 0 Å². The maximum absolute atomic E-state index is 13.0. The van der Waals surface area contributed by atoms with Crippen molar-refractivity contribution in [2.24, 2.45) is 24.3 Å². The Balaban J connectivity index is 1.14. The average molecular weight is 685 g/mol. The van der Waals surface area contributed by atoms with Crippen molar-refractivity contribution in [2.45, 2.75) is 87.5 Å². The van der Waals surface area contributed by atoms with Gasteiger partial charge in [0.25, 0.3) is 5.56 Å². The maximum atomic E-state index is 13.0. The van der Waals surface area contributed by atoms with Gasteiger partial charge in [-0.05, 0) is 56.1 Å². The Morgan fingerprint density at radius 3 is 2.61 bits per heavy atom. The number of aromatic nitrogens is 3. The molecular formula is C34H44N4O11. The second-order valence-corrected chi connectivity index (χ2v) is 14.4. The van der Waals surface area contributed by atoms with Gasteiger partial charge in [-0.2, -0.15) is 4.98 Å². The van der Waals surface area contributed by atoms with Crippen LogP contribution >= 0.6 is 0 Å². The van der Waals surface area contributed by atoms with Crippen LogP contribution in [-0.2, 0) is 35.5 Å². The Hall–Kier alpha value is -3.41. The van der Waals surface area contributed by atoms with E-state index < -0.39 is 60.5 Å². The first-order chi connectivity index (χ1) is 23.2. The summed E-state index contributed by atoms with van der Waals surface area (Å²) in [5.74, 6) is -0.340. The summed E-state index contributed by atoms with van der Waals surface area (Å²) < 4.78 is 31.6. The molecule has 4 fully saturated rings. The lowest BCUT2D eigenvalue weighted by Crippen LogP contribution is -2.66. The van der Waals surface area contributed by atoms with Crippen molar-refractivity contribution in [3.8, 4) is 0 Å². The van der Waals surface area contributed by atoms with Crippen LogP contribution in [0.3, 0.4) is 0 Å². The van der Waals surface area contributed by atoms with Crippen LogP contribution in [0.4, 0.5) is 5.95 Å². The minimum absolute atomic E-state index is 0.00852. The molecule has 7 rings (SSSR count). The maximum Gasteiger partial charge on any atom is 0.343 e. The zero-order chi connectivity index (χ0) is 35.0. The highest BCUT2D eigenvalue weighted by atomic mass is 16.7. The minimum atomic E-state index is -1.55. The monoisotopic (exact) mass is 684 g/mol. The molecule has 11 atom stereocenters. The van der Waals surface area contributed by atoms with E-state index in [0.717, 1.165) is 12.8 Å². The number of rotatable bonds is 7. The number of methoxy groups -OCH3 is 1. The molecule has 3 aliphatic heterocycles. The second-order valence-electron chi connectivity index (χ2n) is 14.4. The molecule has 2 saturated carbocycles. The molecule has 2 aromatic heterocycles. The molecular weight excluding hydrogens is 640 g/mol. The normalized spacial score (nSPS) is 41.4. The summed E-state index contributed by atoms with van der Waals surface area (Å²) in [7, 11) is 3.37. The van der Waals surface area contributed by atoms with Crippen molar-refractivity contribution in [3.05, 3.63) is 51.7 Å². The van der Waals surface area contributed by atoms with Gasteiger partial charge in [-0.25, -0.2) is 4.79 Å². The smallest absolute Gasteiger partial charge is 0.343 e. The lowest BCUT2D eigenvalue weighted by Gasteiger charge is -2.61. The standard InChI is InChI=1S/C34H44N4O11/c1-32-9-8-22(49-30-26(42)25(41)24(40)19(14-39)48-30)33(2,45-4)20(32)7-10-34(15-46-34)21(32)6-5-16-11-18(47-29(16)44)12-17-13-38(3)27-23(17)28(43)37-31(35)36-27/h5-6,11-13,19-22,24-26,30,39-42H,7-10,14-15H2,1-4H3,(H3,35,36,37,43)/b6-5+,18-12+/t19?,20?,21?,22-,24?,25?,26?,30?,32+,33+,34?/m1/s1. The second kappa shape index (κ2) is 12.1. The third-order valence-electron chi connectivity index (χ3n) is 11.7. The van der Waals surface area contributed by atoms with E-state index in [9.17, 15) is 30.0 Å². The van der Waals surface area contributed by atoms with Crippen LogP contribution in [0.1, 0.15) is 45.1 Å². The van der Waals surface area contributed by atoms with Crippen LogP contribution in [0, 0.1) is 17.3 Å². The Labute approximate surface area is 281 Å². The fourth-order valence-electron chi connectivity index (χ4n) is 8.93. The summed E-state index contributed by atoms with van der Waals surface area (Å²) in [5.41, 5.74) is 5.07. The van der Waals surface area contributed by atoms with Gasteiger partial charge in [0.15, 0.2) is 6.29 Å². The number of aliphatic hydroxyl groups excluding tert-OH is 4. The van der Waals surface area contributed by atoms with Crippen LogP contribution in [-0.4, -0.2) is 109 Å². The van der Waals surface area contributed by atoms with E-state index in [0.29, 0.717) is 41.6 Å². The van der Waals surface area contributed by atoms with E-state index in [2.05, 4.69) is 16.9 Å². The molecule has 2 saturated heterocycles. The zero-order valence-corrected chi connectivity index (χ0v) is 27.9. The molecule has 8 unspecified atom stereocenters. The lowest BCUT2D eigenvalue weighted by molar-refractivity contribution is -0.337. The lowest BCUT2D eigenvalue weighted by atomic mass is 9.48. The molecule has 2 aromatic rings. The van der Waals surface area contributed by atoms with E-state index in [1.807, 2.05) is 13.0 Å². The molecule has 266 valence electrons. The molecule has 7 N–H and O–H groups in total. The quantitative estimate of drug-likeness (QED) is 0.132. The predicted molar refractivity (Wildman–Crippen MR) is 173 cm³/mol. The van der Waals surface area contributed by atoms with E-state index >= 15 is 0 Å². The SMILES string of the molecule is CO[C@@]1(C)C2CCC3(CO3)C(/C=C/C3=CC(=C\c4cn(C)c5nc(N)[nH]c(=O)c45)/OC3=O)[C@@]2(C)CC[C@H]1OC1OC(CO)C(O)C(O)C1O. The number of aliphatic hydroxyl groups is 4. The zero-order valence-electron chi connectivity index (χ0n) is 27.9. The predicted octanol–water partition coefficient (Wildman–Crippen LogP) is 0.410. The minimum Gasteiger partial charge on any atom is -0.423 e. The number of anilines is 1. The van der Waals surface area contributed by atoms with Gasteiger partial charge in [-0.1, -0.05) is 19.1 Å². The van der Waals surface area contributed by atoms with E-state index in [1.54, 1.807) is 43.1 Å². The van der Waals surface area contributed by atoms with Crippen LogP contribution in [0.2, 0.25) is 0 Å². The van der Waals surface area contributed by atoms with Crippen LogP contribution in [0.5, 0.6) is 0 Å². The van der Waals surface area contributed by atoms with Crippen LogP contribution in [0.25, 0.3) is 17.1 Å². The fraction of sp³-hybridized carbons (Fsp3) is 0.618. The molecule has 0 amide bonds. The number of hydrogen-bond donors (Lipinski definition) is 6. The Morgan fingerprint density at radius 2 is 1.92 bits per heavy atom. The van der Waals surface area contributed by atoms with Crippen LogP contribution < -0.4 is 11.3 Å². The number of carbonyl (C=O) groups is 1. The number of cyclic esters (lactones) is 1. The first-order valence-corrected chi connectivity index (χ1v) is 16.6. The highest BCUT2D eigenvalue weighted by molar-refractivity contribution is 5.97. The molecule has 5 aliphatic rings. The van der Waals surface area contributed by atoms with Gasteiger partial charge in [-0.3, -0.25) is 9.78 Å². The van der Waals surface area contributed by atoms with Gasteiger partial charge in [0.1, 0.15) is 35.8 Å². The number of carbonyl (C=O) groups excluding carboxylic acids is 1.